The fraction of sp³-hybridized carbons (Fsp3) is 0.500. The second kappa shape index (κ2) is 4.42. The maximum Gasteiger partial charge on any atom is 0.416 e. The number of benzene rings is 1. The van der Waals surface area contributed by atoms with Crippen LogP contribution in [0, 0.1) is 11.2 Å². The fourth-order valence-corrected chi connectivity index (χ4v) is 1.58. The molecule has 0 spiro atoms. The van der Waals surface area contributed by atoms with Gasteiger partial charge in [-0.1, -0.05) is 20.8 Å². The Balaban J connectivity index is 3.53. The number of rotatable bonds is 1. The second-order valence-electron chi connectivity index (χ2n) is 5.20. The van der Waals surface area contributed by atoms with Crippen molar-refractivity contribution in [2.75, 3.05) is 0 Å². The van der Waals surface area contributed by atoms with E-state index in [1.807, 2.05) is 0 Å². The highest BCUT2D eigenvalue weighted by molar-refractivity contribution is 5.44. The zero-order valence-corrected chi connectivity index (χ0v) is 10.3. The summed E-state index contributed by atoms with van der Waals surface area (Å²) in [6.07, 6.45) is -4.69. The quantitative estimate of drug-likeness (QED) is 0.762. The lowest BCUT2D eigenvalue weighted by Crippen LogP contribution is -2.29. The summed E-state index contributed by atoms with van der Waals surface area (Å²) in [4.78, 5) is 0. The second-order valence-corrected chi connectivity index (χ2v) is 5.20. The molecule has 0 saturated heterocycles. The molecule has 6 heteroatoms. The van der Waals surface area contributed by atoms with Gasteiger partial charge >= 0.3 is 6.18 Å². The van der Waals surface area contributed by atoms with Crippen molar-refractivity contribution in [2.45, 2.75) is 33.0 Å². The van der Waals surface area contributed by atoms with Gasteiger partial charge in [-0.15, -0.1) is 0 Å². The Bertz CT molecular complexity index is 449. The number of nitrogens with two attached hydrogens (primary N) is 1. The van der Waals surface area contributed by atoms with Crippen molar-refractivity contribution in [3.63, 3.8) is 0 Å². The predicted molar refractivity (Wildman–Crippen MR) is 59.5 cm³/mol. The Morgan fingerprint density at radius 1 is 1.17 bits per heavy atom. The summed E-state index contributed by atoms with van der Waals surface area (Å²) in [5, 5.41) is 9.52. The van der Waals surface area contributed by atoms with Crippen LogP contribution in [0.15, 0.2) is 12.1 Å². The van der Waals surface area contributed by atoms with Gasteiger partial charge in [-0.3, -0.25) is 0 Å². The summed E-state index contributed by atoms with van der Waals surface area (Å²) in [5.41, 5.74) is 3.26. The molecule has 0 aliphatic carbocycles. The molecule has 1 aromatic carbocycles. The van der Waals surface area contributed by atoms with Gasteiger partial charge in [-0.2, -0.15) is 13.2 Å². The average Bonchev–Trinajstić information content (AvgIpc) is 2.17. The molecule has 18 heavy (non-hydrogen) atoms. The van der Waals surface area contributed by atoms with Crippen LogP contribution in [0.2, 0.25) is 0 Å². The first-order valence-corrected chi connectivity index (χ1v) is 5.30. The van der Waals surface area contributed by atoms with E-state index in [0.717, 1.165) is 0 Å². The smallest absolute Gasteiger partial charge is 0.416 e. The molecule has 1 rings (SSSR count). The third-order valence-electron chi connectivity index (χ3n) is 2.72. The molecule has 1 atom stereocenters. The van der Waals surface area contributed by atoms with Crippen LogP contribution >= 0.6 is 0 Å². The maximum atomic E-state index is 13.2. The van der Waals surface area contributed by atoms with Gasteiger partial charge in [0.15, 0.2) is 11.6 Å². The van der Waals surface area contributed by atoms with Crippen LogP contribution in [0.5, 0.6) is 5.75 Å². The zero-order chi connectivity index (χ0) is 14.3. The molecule has 102 valence electrons. The average molecular weight is 265 g/mol. The van der Waals surface area contributed by atoms with Crippen molar-refractivity contribution in [1.29, 1.82) is 0 Å². The van der Waals surface area contributed by atoms with Gasteiger partial charge in [0, 0.05) is 11.6 Å². The van der Waals surface area contributed by atoms with Gasteiger partial charge in [-0.25, -0.2) is 4.39 Å². The molecule has 0 amide bonds. The largest absolute Gasteiger partial charge is 0.505 e. The van der Waals surface area contributed by atoms with Crippen LogP contribution in [0.3, 0.4) is 0 Å². The minimum atomic E-state index is -4.69. The summed E-state index contributed by atoms with van der Waals surface area (Å²) >= 11 is 0. The molecule has 0 saturated carbocycles. The van der Waals surface area contributed by atoms with Crippen molar-refractivity contribution in [3.8, 4) is 5.75 Å². The van der Waals surface area contributed by atoms with Crippen LogP contribution in [0.25, 0.3) is 0 Å². The Kier molecular flexibility index (Phi) is 3.63. The van der Waals surface area contributed by atoms with Gasteiger partial charge in [0.25, 0.3) is 0 Å². The monoisotopic (exact) mass is 265 g/mol. The van der Waals surface area contributed by atoms with Gasteiger partial charge < -0.3 is 10.8 Å². The topological polar surface area (TPSA) is 46.2 Å². The van der Waals surface area contributed by atoms with E-state index in [1.165, 1.54) is 0 Å². The lowest BCUT2D eigenvalue weighted by atomic mass is 9.80. The van der Waals surface area contributed by atoms with Crippen LogP contribution in [0.4, 0.5) is 17.6 Å². The number of hydrogen-bond acceptors (Lipinski definition) is 2. The normalized spacial score (nSPS) is 14.7. The van der Waals surface area contributed by atoms with Gasteiger partial charge in [0.05, 0.1) is 5.56 Å². The third kappa shape index (κ3) is 2.75. The first-order chi connectivity index (χ1) is 7.96. The van der Waals surface area contributed by atoms with E-state index < -0.39 is 40.3 Å². The number of halogens is 4. The van der Waals surface area contributed by atoms with Gasteiger partial charge in [-0.05, 0) is 17.5 Å². The molecule has 3 N–H and O–H groups in total. The summed E-state index contributed by atoms with van der Waals surface area (Å²) < 4.78 is 51.7. The highest BCUT2D eigenvalue weighted by atomic mass is 19.4. The molecule has 0 aliphatic heterocycles. The Hall–Kier alpha value is -1.30. The first-order valence-electron chi connectivity index (χ1n) is 5.30. The van der Waals surface area contributed by atoms with E-state index in [0.29, 0.717) is 12.1 Å². The molecule has 0 fully saturated rings. The van der Waals surface area contributed by atoms with E-state index >= 15 is 0 Å². The summed E-state index contributed by atoms with van der Waals surface area (Å²) in [5.74, 6) is -2.15. The van der Waals surface area contributed by atoms with Crippen LogP contribution < -0.4 is 5.73 Å². The van der Waals surface area contributed by atoms with Crippen molar-refractivity contribution >= 4 is 0 Å². The SMILES string of the molecule is CC(C)(C)[C@H](N)c1c(C(F)(F)F)ccc(F)c1O. The van der Waals surface area contributed by atoms with E-state index in [4.69, 9.17) is 5.73 Å². The van der Waals surface area contributed by atoms with Gasteiger partial charge in [0.2, 0.25) is 0 Å². The number of hydrogen-bond donors (Lipinski definition) is 2. The molecular formula is C12H15F4NO. The molecule has 0 heterocycles. The lowest BCUT2D eigenvalue weighted by molar-refractivity contribution is -0.138. The fourth-order valence-electron chi connectivity index (χ4n) is 1.58. The van der Waals surface area contributed by atoms with Crippen molar-refractivity contribution < 1.29 is 22.7 Å². The lowest BCUT2D eigenvalue weighted by Gasteiger charge is -2.30. The van der Waals surface area contributed by atoms with Crippen LogP contribution in [-0.4, -0.2) is 5.11 Å². The Morgan fingerprint density at radius 2 is 1.67 bits per heavy atom. The zero-order valence-electron chi connectivity index (χ0n) is 10.3. The predicted octanol–water partition coefficient (Wildman–Crippen LogP) is 3.60. The molecule has 0 radical (unpaired) electrons. The molecule has 0 aromatic heterocycles. The maximum absolute atomic E-state index is 13.2. The number of phenolic OH excluding ortho intramolecular Hbond substituents is 1. The number of aromatic hydroxyl groups is 1. The highest BCUT2D eigenvalue weighted by Gasteiger charge is 2.39. The van der Waals surface area contributed by atoms with Crippen molar-refractivity contribution in [3.05, 3.63) is 29.1 Å². The van der Waals surface area contributed by atoms with Crippen LogP contribution in [-0.2, 0) is 6.18 Å². The highest BCUT2D eigenvalue weighted by Crippen LogP contribution is 2.44. The van der Waals surface area contributed by atoms with Crippen LogP contribution in [0.1, 0.15) is 37.9 Å². The molecule has 0 unspecified atom stereocenters. The minimum absolute atomic E-state index is 0.580. The first kappa shape index (κ1) is 14.8. The molecule has 0 bridgehead atoms. The number of phenols is 1. The third-order valence-corrected chi connectivity index (χ3v) is 2.72. The van der Waals surface area contributed by atoms with E-state index in [1.54, 1.807) is 20.8 Å². The standard InChI is InChI=1S/C12H15F4NO/c1-11(2,3)10(17)8-6(12(14,15)16)4-5-7(13)9(8)18/h4-5,10,18H,17H2,1-3H3/t10-/m1/s1. The Morgan fingerprint density at radius 3 is 2.06 bits per heavy atom. The molecule has 1 aromatic rings. The molecule has 2 nitrogen and oxygen atoms in total. The van der Waals surface area contributed by atoms with Crippen molar-refractivity contribution in [2.24, 2.45) is 11.1 Å². The minimum Gasteiger partial charge on any atom is -0.505 e. The van der Waals surface area contributed by atoms with Crippen molar-refractivity contribution in [1.82, 2.24) is 0 Å². The molecule has 0 aliphatic rings. The van der Waals surface area contributed by atoms with E-state index in [-0.39, 0.29) is 0 Å². The summed E-state index contributed by atoms with van der Waals surface area (Å²) in [6, 6.07) is 0.0392. The summed E-state index contributed by atoms with van der Waals surface area (Å²) in [7, 11) is 0. The molecular weight excluding hydrogens is 250 g/mol. The number of alkyl halides is 3. The summed E-state index contributed by atoms with van der Waals surface area (Å²) in [6.45, 7) is 4.84. The van der Waals surface area contributed by atoms with E-state index in [2.05, 4.69) is 0 Å². The van der Waals surface area contributed by atoms with Gasteiger partial charge in [0.1, 0.15) is 0 Å². The Labute approximate surface area is 102 Å². The van der Waals surface area contributed by atoms with E-state index in [9.17, 15) is 22.7 Å².